The Bertz CT molecular complexity index is 2710. The van der Waals surface area contributed by atoms with Gasteiger partial charge in [0.25, 0.3) is 11.8 Å². The van der Waals surface area contributed by atoms with E-state index in [1.165, 1.54) is 11.3 Å². The summed E-state index contributed by atoms with van der Waals surface area (Å²) < 4.78 is 109. The van der Waals surface area contributed by atoms with Crippen molar-refractivity contribution in [2.24, 2.45) is 5.92 Å². The summed E-state index contributed by atoms with van der Waals surface area (Å²) in [7, 11) is 0. The van der Waals surface area contributed by atoms with Crippen LogP contribution >= 0.6 is 11.3 Å². The third-order valence-electron chi connectivity index (χ3n) is 11.5. The van der Waals surface area contributed by atoms with Crippen LogP contribution in [-0.4, -0.2) is 57.9 Å². The third-order valence-corrected chi connectivity index (χ3v) is 12.6. The molecule has 1 saturated heterocycles. The highest BCUT2D eigenvalue weighted by molar-refractivity contribution is 7.21. The second kappa shape index (κ2) is 14.1. The molecule has 2 aliphatic heterocycles. The quantitative estimate of drug-likeness (QED) is 0.142. The maximum Gasteiger partial charge on any atom is 0.435 e. The molecule has 6 aromatic rings. The minimum Gasteiger partial charge on any atom is -0.378 e. The number of nitrogens with one attached hydrogen (secondary N) is 2. The standard InChI is InChI=1S/C42H32F7N7O3S/c43-24-11-20(12-25(44)15-24)13-31(51-33(57)19-56-37-34(36(54-56)42(47,48)49)29-16-30(29)41(37,45)46)35-27(22-1-2-23-18-50-39(58)28(23)14-22)17-32-38(52-35)53-40(60-32)21-3-5-26(6-4-21)55-7-9-59-10-8-55/h1-6,11-12,14-15,17,29-31H,7-10,13,16,18-19H2,(H,50,58)(H,51,57)/t29-,30?,31-/m0/s1. The van der Waals surface area contributed by atoms with Gasteiger partial charge in [-0.1, -0.05) is 12.1 Å². The number of hydrogen-bond donors (Lipinski definition) is 2. The molecule has 1 unspecified atom stereocenters. The maximum absolute atomic E-state index is 15.4. The minimum absolute atomic E-state index is 0.0873. The average molecular weight is 848 g/mol. The fourth-order valence-corrected chi connectivity index (χ4v) is 9.62. The predicted octanol–water partition coefficient (Wildman–Crippen LogP) is 7.91. The van der Waals surface area contributed by atoms with E-state index in [0.717, 1.165) is 42.0 Å². The molecule has 2 fully saturated rings. The Morgan fingerprint density at radius 3 is 2.43 bits per heavy atom. The van der Waals surface area contributed by atoms with E-state index in [-0.39, 0.29) is 35.7 Å². The van der Waals surface area contributed by atoms with Crippen LogP contribution in [0.5, 0.6) is 0 Å². The number of alkyl halides is 5. The van der Waals surface area contributed by atoms with E-state index < -0.39 is 71.0 Å². The molecule has 0 bridgehead atoms. The fourth-order valence-electron chi connectivity index (χ4n) is 8.66. The summed E-state index contributed by atoms with van der Waals surface area (Å²) in [5.74, 6) is -9.08. The minimum atomic E-state index is -5.04. The smallest absolute Gasteiger partial charge is 0.378 e. The van der Waals surface area contributed by atoms with Gasteiger partial charge in [0.05, 0.1) is 29.6 Å². The molecule has 3 atom stereocenters. The third kappa shape index (κ3) is 6.74. The Kier molecular flexibility index (Phi) is 9.02. The molecule has 2 amide bonds. The Hall–Kier alpha value is -5.88. The first-order valence-electron chi connectivity index (χ1n) is 19.2. The number of anilines is 1. The van der Waals surface area contributed by atoms with Crippen LogP contribution in [0.25, 0.3) is 32.0 Å². The summed E-state index contributed by atoms with van der Waals surface area (Å²) in [4.78, 5) is 38.7. The predicted molar refractivity (Wildman–Crippen MR) is 205 cm³/mol. The Labute approximate surface area is 340 Å². The molecular weight excluding hydrogens is 816 g/mol. The van der Waals surface area contributed by atoms with E-state index in [1.807, 2.05) is 24.3 Å². The number of nitrogens with zero attached hydrogens (tertiary/aromatic N) is 5. The first-order valence-corrected chi connectivity index (χ1v) is 20.0. The molecule has 18 heteroatoms. The molecule has 4 aliphatic rings. The zero-order chi connectivity index (χ0) is 41.7. The van der Waals surface area contributed by atoms with E-state index in [0.29, 0.717) is 56.9 Å². The number of amides is 2. The van der Waals surface area contributed by atoms with Gasteiger partial charge < -0.3 is 20.3 Å². The van der Waals surface area contributed by atoms with Crippen molar-refractivity contribution in [3.63, 3.8) is 0 Å². The average Bonchev–Trinajstić information content (AvgIpc) is 3.44. The van der Waals surface area contributed by atoms with Crippen LogP contribution in [0.4, 0.5) is 36.4 Å². The number of thiazole rings is 1. The topological polar surface area (TPSA) is 114 Å². The second-order valence-electron chi connectivity index (χ2n) is 15.4. The zero-order valence-electron chi connectivity index (χ0n) is 31.3. The molecule has 10 nitrogen and oxygen atoms in total. The maximum atomic E-state index is 15.4. The molecule has 10 rings (SSSR count). The Morgan fingerprint density at radius 1 is 0.967 bits per heavy atom. The molecule has 308 valence electrons. The number of rotatable bonds is 9. The summed E-state index contributed by atoms with van der Waals surface area (Å²) in [5.41, 5.74) is 1.39. The van der Waals surface area contributed by atoms with Crippen LogP contribution in [0.3, 0.4) is 0 Å². The van der Waals surface area contributed by atoms with Gasteiger partial charge >= 0.3 is 6.18 Å². The number of morpholine rings is 1. The normalized spacial score (nSPS) is 19.5. The first-order chi connectivity index (χ1) is 28.7. The van der Waals surface area contributed by atoms with E-state index in [9.17, 15) is 31.5 Å². The lowest BCUT2D eigenvalue weighted by atomic mass is 9.93. The van der Waals surface area contributed by atoms with E-state index in [2.05, 4.69) is 20.6 Å². The number of ether oxygens (including phenoxy) is 1. The molecule has 2 N–H and O–H groups in total. The van der Waals surface area contributed by atoms with E-state index >= 15 is 8.78 Å². The van der Waals surface area contributed by atoms with E-state index in [4.69, 9.17) is 14.7 Å². The van der Waals surface area contributed by atoms with Crippen LogP contribution in [-0.2, 0) is 41.1 Å². The van der Waals surface area contributed by atoms with Crippen molar-refractivity contribution in [3.8, 4) is 21.7 Å². The van der Waals surface area contributed by atoms with Crippen molar-refractivity contribution < 1.29 is 45.1 Å². The van der Waals surface area contributed by atoms with Crippen LogP contribution in [0.15, 0.2) is 66.7 Å². The molecule has 0 spiro atoms. The molecule has 0 radical (unpaired) electrons. The lowest BCUT2D eigenvalue weighted by Gasteiger charge is -2.28. The van der Waals surface area contributed by atoms with Crippen molar-refractivity contribution in [2.75, 3.05) is 31.2 Å². The van der Waals surface area contributed by atoms with Crippen molar-refractivity contribution in [1.82, 2.24) is 30.4 Å². The summed E-state index contributed by atoms with van der Waals surface area (Å²) in [6.45, 7) is 2.07. The highest BCUT2D eigenvalue weighted by Gasteiger charge is 2.68. The summed E-state index contributed by atoms with van der Waals surface area (Å²) in [6, 6.07) is 16.4. The van der Waals surface area contributed by atoms with Crippen LogP contribution in [0.1, 0.15) is 62.5 Å². The molecule has 2 aliphatic carbocycles. The molecule has 5 heterocycles. The number of pyridine rings is 1. The van der Waals surface area contributed by atoms with Gasteiger partial charge in [-0.05, 0) is 84.0 Å². The Morgan fingerprint density at radius 2 is 1.70 bits per heavy atom. The van der Waals surface area contributed by atoms with Crippen molar-refractivity contribution >= 4 is 39.2 Å². The summed E-state index contributed by atoms with van der Waals surface area (Å²) >= 11 is 1.34. The zero-order valence-corrected chi connectivity index (χ0v) is 32.1. The second-order valence-corrected chi connectivity index (χ2v) is 16.4. The number of benzene rings is 3. The summed E-state index contributed by atoms with van der Waals surface area (Å²) in [5, 5.41) is 9.60. The van der Waals surface area contributed by atoms with Crippen molar-refractivity contribution in [1.29, 1.82) is 0 Å². The van der Waals surface area contributed by atoms with Gasteiger partial charge in [-0.25, -0.2) is 18.7 Å². The van der Waals surface area contributed by atoms with Gasteiger partial charge in [-0.15, -0.1) is 11.3 Å². The molecule has 3 aromatic heterocycles. The largest absolute Gasteiger partial charge is 0.435 e. The van der Waals surface area contributed by atoms with Gasteiger partial charge in [-0.3, -0.25) is 14.3 Å². The lowest BCUT2D eigenvalue weighted by molar-refractivity contribution is -0.142. The van der Waals surface area contributed by atoms with Gasteiger partial charge in [0, 0.05) is 59.6 Å². The number of carbonyl (C=O) groups is 2. The molecule has 3 aromatic carbocycles. The van der Waals surface area contributed by atoms with Crippen molar-refractivity contribution in [2.45, 2.75) is 50.0 Å². The van der Waals surface area contributed by atoms with E-state index in [1.54, 1.807) is 24.3 Å². The highest BCUT2D eigenvalue weighted by Crippen LogP contribution is 2.68. The highest BCUT2D eigenvalue weighted by atomic mass is 32.1. The van der Waals surface area contributed by atoms with Crippen LogP contribution < -0.4 is 15.5 Å². The van der Waals surface area contributed by atoms with Crippen LogP contribution in [0, 0.1) is 17.6 Å². The first kappa shape index (κ1) is 38.3. The molecular formula is C42H32F7N7O3S. The Balaban J connectivity index is 1.07. The van der Waals surface area contributed by atoms with Gasteiger partial charge in [0.15, 0.2) is 11.3 Å². The van der Waals surface area contributed by atoms with Gasteiger partial charge in [-0.2, -0.15) is 27.1 Å². The lowest BCUT2D eigenvalue weighted by Crippen LogP contribution is -2.36. The van der Waals surface area contributed by atoms with Crippen LogP contribution in [0.2, 0.25) is 0 Å². The number of fused-ring (bicyclic) bond motifs is 5. The number of carbonyl (C=O) groups excluding carboxylic acids is 2. The number of halogens is 7. The van der Waals surface area contributed by atoms with Gasteiger partial charge in [0.2, 0.25) is 5.91 Å². The molecule has 1 saturated carbocycles. The monoisotopic (exact) mass is 847 g/mol. The fraction of sp³-hybridized carbons (Fsp3) is 0.310. The summed E-state index contributed by atoms with van der Waals surface area (Å²) in [6.07, 6.45) is -5.45. The van der Waals surface area contributed by atoms with Gasteiger partial charge in [0.1, 0.15) is 28.9 Å². The number of aromatic nitrogens is 4. The SMILES string of the molecule is O=C(Cn1nc(C(F)(F)F)c2c1C(F)(F)C1C[C@H]21)N[C@@H](Cc1cc(F)cc(F)c1)c1nc2nc(-c3ccc(N4CCOCC4)cc3)sc2cc1-c1ccc2c(c1)C(=O)NC2. The molecule has 60 heavy (non-hydrogen) atoms. The van der Waals surface area contributed by atoms with Crippen molar-refractivity contribution in [3.05, 3.63) is 118 Å². The number of hydrogen-bond acceptors (Lipinski definition) is 8.